The van der Waals surface area contributed by atoms with Crippen molar-refractivity contribution in [3.05, 3.63) is 28.4 Å². The summed E-state index contributed by atoms with van der Waals surface area (Å²) >= 11 is 0. The van der Waals surface area contributed by atoms with Gasteiger partial charge in [-0.1, -0.05) is 0 Å². The summed E-state index contributed by atoms with van der Waals surface area (Å²) in [5, 5.41) is 0.787. The van der Waals surface area contributed by atoms with Crippen molar-refractivity contribution in [1.82, 2.24) is 19.9 Å². The largest absolute Gasteiger partial charge is 0.444 e. The lowest BCUT2D eigenvalue weighted by molar-refractivity contribution is 0.0240. The number of amides is 1. The number of piperazine rings is 1. The van der Waals surface area contributed by atoms with Gasteiger partial charge in [-0.25, -0.2) is 14.8 Å². The summed E-state index contributed by atoms with van der Waals surface area (Å²) in [4.78, 5) is 39.4. The molecule has 0 atom stereocenters. The third-order valence-corrected chi connectivity index (χ3v) is 3.97. The lowest BCUT2D eigenvalue weighted by atomic mass is 10.2. The molecule has 0 bridgehead atoms. The Morgan fingerprint density at radius 3 is 2.56 bits per heavy atom. The number of fused-ring (bicyclic) bond motifs is 1. The van der Waals surface area contributed by atoms with Crippen LogP contribution in [0.4, 0.5) is 10.5 Å². The smallest absolute Gasteiger partial charge is 0.410 e. The van der Waals surface area contributed by atoms with Crippen LogP contribution < -0.4 is 10.5 Å². The molecule has 1 amide bonds. The van der Waals surface area contributed by atoms with E-state index in [-0.39, 0.29) is 11.7 Å². The van der Waals surface area contributed by atoms with E-state index in [0.717, 1.165) is 5.39 Å². The number of H-pyrrole nitrogens is 1. The fourth-order valence-electron chi connectivity index (χ4n) is 2.76. The Labute approximate surface area is 145 Å². The first-order valence-corrected chi connectivity index (χ1v) is 8.32. The number of nitrogens with one attached hydrogen (secondary N) is 1. The van der Waals surface area contributed by atoms with E-state index in [9.17, 15) is 9.59 Å². The van der Waals surface area contributed by atoms with Gasteiger partial charge in [0.15, 0.2) is 0 Å². The highest BCUT2D eigenvalue weighted by Crippen LogP contribution is 2.17. The van der Waals surface area contributed by atoms with Crippen molar-refractivity contribution in [3.8, 4) is 0 Å². The molecule has 0 spiro atoms. The predicted octanol–water partition coefficient (Wildman–Crippen LogP) is 1.68. The third-order valence-electron chi connectivity index (χ3n) is 3.97. The van der Waals surface area contributed by atoms with Crippen LogP contribution in [0.5, 0.6) is 0 Å². The minimum atomic E-state index is -0.512. The van der Waals surface area contributed by atoms with Crippen molar-refractivity contribution in [2.24, 2.45) is 0 Å². The number of carbonyl (C=O) groups is 1. The molecule has 0 unspecified atom stereocenters. The fourth-order valence-corrected chi connectivity index (χ4v) is 2.76. The molecule has 8 heteroatoms. The Balaban J connectivity index is 1.74. The molecular weight excluding hydrogens is 322 g/mol. The summed E-state index contributed by atoms with van der Waals surface area (Å²) < 4.78 is 5.39. The summed E-state index contributed by atoms with van der Waals surface area (Å²) in [6.07, 6.45) is 1.39. The molecule has 0 aromatic carbocycles. The van der Waals surface area contributed by atoms with Crippen LogP contribution in [0.3, 0.4) is 0 Å². The van der Waals surface area contributed by atoms with Gasteiger partial charge in [-0.15, -0.1) is 0 Å². The van der Waals surface area contributed by atoms with E-state index >= 15 is 0 Å². The number of carbonyl (C=O) groups excluding carboxylic acids is 1. The Hall–Kier alpha value is -2.64. The maximum Gasteiger partial charge on any atom is 0.410 e. The van der Waals surface area contributed by atoms with Crippen molar-refractivity contribution in [3.63, 3.8) is 0 Å². The monoisotopic (exact) mass is 345 g/mol. The van der Waals surface area contributed by atoms with Crippen molar-refractivity contribution >= 4 is 22.8 Å². The minimum Gasteiger partial charge on any atom is -0.444 e. The number of rotatable bonds is 1. The van der Waals surface area contributed by atoms with E-state index in [0.29, 0.717) is 43.3 Å². The van der Waals surface area contributed by atoms with Gasteiger partial charge in [0.1, 0.15) is 22.8 Å². The van der Waals surface area contributed by atoms with Crippen LogP contribution in [0, 0.1) is 6.92 Å². The average Bonchev–Trinajstić information content (AvgIpc) is 2.52. The van der Waals surface area contributed by atoms with Gasteiger partial charge in [0.25, 0.3) is 5.56 Å². The first kappa shape index (κ1) is 17.2. The first-order valence-electron chi connectivity index (χ1n) is 8.32. The number of hydrogen-bond donors (Lipinski definition) is 1. The molecule has 25 heavy (non-hydrogen) atoms. The highest BCUT2D eigenvalue weighted by molar-refractivity contribution is 5.77. The number of aromatic nitrogens is 3. The van der Waals surface area contributed by atoms with Crippen LogP contribution in [0.1, 0.15) is 26.6 Å². The number of anilines is 1. The number of hydrogen-bond acceptors (Lipinski definition) is 6. The van der Waals surface area contributed by atoms with Gasteiger partial charge in [0, 0.05) is 37.8 Å². The van der Waals surface area contributed by atoms with Crippen molar-refractivity contribution in [2.75, 3.05) is 31.1 Å². The number of pyridine rings is 1. The van der Waals surface area contributed by atoms with Crippen LogP contribution in [0.15, 0.2) is 17.1 Å². The predicted molar refractivity (Wildman–Crippen MR) is 94.9 cm³/mol. The fraction of sp³-hybridized carbons (Fsp3) is 0.529. The Morgan fingerprint density at radius 2 is 1.92 bits per heavy atom. The van der Waals surface area contributed by atoms with Crippen LogP contribution >= 0.6 is 0 Å². The van der Waals surface area contributed by atoms with Gasteiger partial charge in [-0.05, 0) is 33.8 Å². The second kappa shape index (κ2) is 6.34. The second-order valence-electron chi connectivity index (χ2n) is 7.16. The SMILES string of the molecule is Cc1ncc2cc(N3CCN(C(=O)OC(C)(C)C)CC3)c(=O)[nH]c2n1. The summed E-state index contributed by atoms with van der Waals surface area (Å²) in [6, 6.07) is 1.80. The summed E-state index contributed by atoms with van der Waals surface area (Å²) in [5.74, 6) is 0.613. The number of aromatic amines is 1. The zero-order valence-electron chi connectivity index (χ0n) is 15.0. The molecule has 1 fully saturated rings. The molecule has 1 aliphatic heterocycles. The highest BCUT2D eigenvalue weighted by atomic mass is 16.6. The minimum absolute atomic E-state index is 0.184. The molecule has 2 aromatic rings. The summed E-state index contributed by atoms with van der Waals surface area (Å²) in [7, 11) is 0. The third kappa shape index (κ3) is 3.89. The highest BCUT2D eigenvalue weighted by Gasteiger charge is 2.26. The molecule has 2 aromatic heterocycles. The Morgan fingerprint density at radius 1 is 1.24 bits per heavy atom. The Bertz CT molecular complexity index is 847. The maximum atomic E-state index is 12.4. The number of nitrogens with zero attached hydrogens (tertiary/aromatic N) is 4. The van der Waals surface area contributed by atoms with Crippen LogP contribution in [0.2, 0.25) is 0 Å². The van der Waals surface area contributed by atoms with Crippen LogP contribution in [-0.4, -0.2) is 57.7 Å². The van der Waals surface area contributed by atoms with Gasteiger partial charge < -0.3 is 19.5 Å². The Kier molecular flexibility index (Phi) is 4.36. The molecule has 0 saturated carbocycles. The van der Waals surface area contributed by atoms with E-state index in [1.807, 2.05) is 25.7 Å². The van der Waals surface area contributed by atoms with Gasteiger partial charge in [-0.2, -0.15) is 0 Å². The maximum absolute atomic E-state index is 12.4. The lowest BCUT2D eigenvalue weighted by Crippen LogP contribution is -2.51. The van der Waals surface area contributed by atoms with Crippen molar-refractivity contribution < 1.29 is 9.53 Å². The molecule has 0 radical (unpaired) electrons. The summed E-state index contributed by atoms with van der Waals surface area (Å²) in [6.45, 7) is 9.48. The normalized spacial score (nSPS) is 15.5. The quantitative estimate of drug-likeness (QED) is 0.845. The molecule has 1 saturated heterocycles. The van der Waals surface area contributed by atoms with Crippen molar-refractivity contribution in [2.45, 2.75) is 33.3 Å². The molecule has 0 aliphatic carbocycles. The molecule has 8 nitrogen and oxygen atoms in total. The molecular formula is C17H23N5O3. The van der Waals surface area contributed by atoms with Crippen molar-refractivity contribution in [1.29, 1.82) is 0 Å². The molecule has 134 valence electrons. The van der Waals surface area contributed by atoms with E-state index in [4.69, 9.17) is 4.74 Å². The average molecular weight is 345 g/mol. The van der Waals surface area contributed by atoms with E-state index in [2.05, 4.69) is 15.0 Å². The molecule has 1 aliphatic rings. The van der Waals surface area contributed by atoms with E-state index in [1.54, 1.807) is 24.1 Å². The second-order valence-corrected chi connectivity index (χ2v) is 7.16. The van der Waals surface area contributed by atoms with Crippen LogP contribution in [0.25, 0.3) is 11.0 Å². The standard InChI is InChI=1S/C17H23N5O3/c1-11-18-10-12-9-13(15(23)20-14(12)19-11)21-5-7-22(8-6-21)16(24)25-17(2,3)4/h9-10H,5-8H2,1-4H3,(H,18,19,20,23). The lowest BCUT2D eigenvalue weighted by Gasteiger charge is -2.36. The zero-order chi connectivity index (χ0) is 18.2. The summed E-state index contributed by atoms with van der Waals surface area (Å²) in [5.41, 5.74) is 0.413. The first-order chi connectivity index (χ1) is 11.7. The topological polar surface area (TPSA) is 91.4 Å². The number of ether oxygens (including phenoxy) is 1. The zero-order valence-corrected chi connectivity index (χ0v) is 15.0. The molecule has 3 rings (SSSR count). The van der Waals surface area contributed by atoms with Gasteiger partial charge in [0.2, 0.25) is 0 Å². The molecule has 1 N–H and O–H groups in total. The van der Waals surface area contributed by atoms with E-state index < -0.39 is 5.60 Å². The van der Waals surface area contributed by atoms with Gasteiger partial charge >= 0.3 is 6.09 Å². The molecule has 3 heterocycles. The van der Waals surface area contributed by atoms with E-state index in [1.165, 1.54) is 0 Å². The van der Waals surface area contributed by atoms with Gasteiger partial charge in [0.05, 0.1) is 0 Å². The number of aryl methyl sites for hydroxylation is 1. The van der Waals surface area contributed by atoms with Crippen LogP contribution in [-0.2, 0) is 4.74 Å². The van der Waals surface area contributed by atoms with Gasteiger partial charge in [-0.3, -0.25) is 4.79 Å².